The molecule has 27 heavy (non-hydrogen) atoms. The number of hydrogen-bond donors (Lipinski definition) is 1. The van der Waals surface area contributed by atoms with Crippen LogP contribution in [0, 0.1) is 0 Å². The number of rotatable bonds is 5. The van der Waals surface area contributed by atoms with Gasteiger partial charge in [0.2, 0.25) is 5.95 Å². The molecule has 1 heterocycles. The fourth-order valence-corrected chi connectivity index (χ4v) is 4.16. The van der Waals surface area contributed by atoms with Crippen molar-refractivity contribution in [1.82, 2.24) is 14.8 Å². The average Bonchev–Trinajstić information content (AvgIpc) is 3.29. The maximum atomic E-state index is 13.1. The molecule has 1 aromatic carbocycles. The summed E-state index contributed by atoms with van der Waals surface area (Å²) in [6, 6.07) is 3.00. The Labute approximate surface area is 159 Å². The Morgan fingerprint density at radius 3 is 2.37 bits per heavy atom. The number of alkyl halides is 3. The first-order valence-corrected chi connectivity index (χ1v) is 10.6. The van der Waals surface area contributed by atoms with Gasteiger partial charge in [-0.25, -0.2) is 8.42 Å². The molecule has 1 aliphatic carbocycles. The molecule has 1 aliphatic rings. The van der Waals surface area contributed by atoms with Gasteiger partial charge in [0.15, 0.2) is 0 Å². The third-order valence-corrected chi connectivity index (χ3v) is 5.75. The maximum Gasteiger partial charge on any atom is 0.453 e. The van der Waals surface area contributed by atoms with Crippen molar-refractivity contribution in [3.05, 3.63) is 29.1 Å². The lowest BCUT2D eigenvalue weighted by molar-refractivity contribution is -0.144. The van der Waals surface area contributed by atoms with Crippen molar-refractivity contribution in [2.45, 2.75) is 49.6 Å². The highest BCUT2D eigenvalue weighted by atomic mass is 35.7. The van der Waals surface area contributed by atoms with Crippen molar-refractivity contribution < 1.29 is 21.6 Å². The molecule has 6 nitrogen and oxygen atoms in total. The highest BCUT2D eigenvalue weighted by Gasteiger charge is 2.38. The van der Waals surface area contributed by atoms with Crippen LogP contribution in [0.15, 0.2) is 17.0 Å². The van der Waals surface area contributed by atoms with E-state index < -0.39 is 21.1 Å². The highest BCUT2D eigenvalue weighted by Crippen LogP contribution is 2.45. The average molecular weight is 423 g/mol. The summed E-state index contributed by atoms with van der Waals surface area (Å²) in [4.78, 5) is 3.35. The van der Waals surface area contributed by atoms with Crippen LogP contribution in [0.2, 0.25) is 0 Å². The number of aromatic nitrogens is 3. The van der Waals surface area contributed by atoms with E-state index in [0.717, 1.165) is 23.1 Å². The minimum atomic E-state index is -4.73. The van der Waals surface area contributed by atoms with Crippen LogP contribution in [-0.4, -0.2) is 30.2 Å². The first-order valence-electron chi connectivity index (χ1n) is 8.28. The van der Waals surface area contributed by atoms with Gasteiger partial charge in [0, 0.05) is 17.7 Å². The molecule has 0 spiro atoms. The first-order chi connectivity index (χ1) is 12.4. The quantitative estimate of drug-likeness (QED) is 0.728. The largest absolute Gasteiger partial charge is 0.453 e. The van der Waals surface area contributed by atoms with E-state index in [-0.39, 0.29) is 28.4 Å². The Morgan fingerprint density at radius 2 is 1.93 bits per heavy atom. The van der Waals surface area contributed by atoms with E-state index in [1.165, 1.54) is 13.1 Å². The summed E-state index contributed by atoms with van der Waals surface area (Å²) in [5.41, 5.74) is 1.49. The number of anilines is 1. The highest BCUT2D eigenvalue weighted by molar-refractivity contribution is 8.13. The zero-order valence-corrected chi connectivity index (χ0v) is 16.4. The second-order valence-electron chi connectivity index (χ2n) is 6.73. The van der Waals surface area contributed by atoms with Gasteiger partial charge in [0.05, 0.1) is 10.6 Å². The van der Waals surface area contributed by atoms with Gasteiger partial charge in [-0.2, -0.15) is 22.8 Å². The van der Waals surface area contributed by atoms with E-state index in [0.29, 0.717) is 5.56 Å². The van der Waals surface area contributed by atoms with E-state index >= 15 is 0 Å². The molecule has 1 saturated carbocycles. The van der Waals surface area contributed by atoms with Crippen LogP contribution in [0.5, 0.6) is 0 Å². The number of nitrogens with zero attached hydrogens (tertiary/aromatic N) is 3. The van der Waals surface area contributed by atoms with Crippen LogP contribution >= 0.6 is 10.7 Å². The molecule has 0 saturated heterocycles. The van der Waals surface area contributed by atoms with E-state index in [1.807, 2.05) is 13.8 Å². The Hall–Kier alpha value is -1.81. The molecular weight excluding hydrogens is 405 g/mol. The number of nitrogens with one attached hydrogen (secondary N) is 1. The molecule has 0 bridgehead atoms. The number of benzene rings is 1. The van der Waals surface area contributed by atoms with Crippen LogP contribution in [-0.2, 0) is 15.2 Å². The third kappa shape index (κ3) is 3.91. The number of halogens is 4. The van der Waals surface area contributed by atoms with E-state index in [1.54, 1.807) is 6.07 Å². The lowest BCUT2D eigenvalue weighted by atomic mass is 9.97. The maximum absolute atomic E-state index is 13.1. The lowest BCUT2D eigenvalue weighted by Gasteiger charge is -2.17. The lowest BCUT2D eigenvalue weighted by Crippen LogP contribution is -2.11. The SMILES string of the molecule is CNc1nc(C(F)(F)F)nn1-c1cc(S(=O)(=O)Cl)c(C(C)C)cc1C1CC1. The molecule has 148 valence electrons. The summed E-state index contributed by atoms with van der Waals surface area (Å²) in [5.74, 6) is -1.45. The van der Waals surface area contributed by atoms with Gasteiger partial charge in [0.1, 0.15) is 0 Å². The van der Waals surface area contributed by atoms with Crippen LogP contribution in [0.1, 0.15) is 55.5 Å². The zero-order chi connectivity index (χ0) is 20.1. The summed E-state index contributed by atoms with van der Waals surface area (Å²) >= 11 is 0. The van der Waals surface area contributed by atoms with Gasteiger partial charge >= 0.3 is 6.18 Å². The molecule has 0 amide bonds. The minimum Gasteiger partial charge on any atom is -0.357 e. The molecular formula is C16H18ClF3N4O2S. The summed E-state index contributed by atoms with van der Waals surface area (Å²) in [6.07, 6.45) is -2.99. The molecule has 1 aromatic heterocycles. The molecule has 0 unspecified atom stereocenters. The Balaban J connectivity index is 2.31. The normalized spacial score (nSPS) is 15.4. The molecule has 2 aromatic rings. The van der Waals surface area contributed by atoms with Crippen LogP contribution in [0.3, 0.4) is 0 Å². The molecule has 11 heteroatoms. The van der Waals surface area contributed by atoms with Crippen molar-refractivity contribution in [2.75, 3.05) is 12.4 Å². The van der Waals surface area contributed by atoms with Crippen molar-refractivity contribution in [3.63, 3.8) is 0 Å². The van der Waals surface area contributed by atoms with Crippen LogP contribution in [0.25, 0.3) is 5.69 Å². The minimum absolute atomic E-state index is 0.132. The Bertz CT molecular complexity index is 982. The second-order valence-corrected chi connectivity index (χ2v) is 9.27. The van der Waals surface area contributed by atoms with Crippen molar-refractivity contribution >= 4 is 25.7 Å². The van der Waals surface area contributed by atoms with Crippen LogP contribution < -0.4 is 5.32 Å². The second kappa shape index (κ2) is 6.66. The predicted octanol–water partition coefficient (Wildman–Crippen LogP) is 4.26. The molecule has 0 aliphatic heterocycles. The van der Waals surface area contributed by atoms with Gasteiger partial charge in [-0.15, -0.1) is 5.10 Å². The van der Waals surface area contributed by atoms with E-state index in [4.69, 9.17) is 10.7 Å². The fraction of sp³-hybridized carbons (Fsp3) is 0.500. The van der Waals surface area contributed by atoms with Crippen molar-refractivity contribution in [2.24, 2.45) is 0 Å². The van der Waals surface area contributed by atoms with Gasteiger partial charge in [-0.05, 0) is 41.9 Å². The molecule has 3 rings (SSSR count). The Kier molecular flexibility index (Phi) is 4.92. The predicted molar refractivity (Wildman–Crippen MR) is 95.0 cm³/mol. The monoisotopic (exact) mass is 422 g/mol. The van der Waals surface area contributed by atoms with Gasteiger partial charge in [0.25, 0.3) is 14.9 Å². The summed E-state index contributed by atoms with van der Waals surface area (Å²) in [7, 11) is 2.91. The van der Waals surface area contributed by atoms with Crippen molar-refractivity contribution in [1.29, 1.82) is 0 Å². The smallest absolute Gasteiger partial charge is 0.357 e. The molecule has 1 N–H and O–H groups in total. The topological polar surface area (TPSA) is 76.9 Å². The molecule has 0 radical (unpaired) electrons. The van der Waals surface area contributed by atoms with Gasteiger partial charge < -0.3 is 5.32 Å². The first kappa shape index (κ1) is 19.9. The summed E-state index contributed by atoms with van der Waals surface area (Å²) in [5, 5.41) is 6.15. The zero-order valence-electron chi connectivity index (χ0n) is 14.8. The summed E-state index contributed by atoms with van der Waals surface area (Å²) in [6.45, 7) is 3.65. The standard InChI is InChI=1S/C16H18ClF3N4O2S/c1-8(2)10-6-11(9-4-5-9)12(7-13(10)27(17,25)26)24-15(21-3)22-14(23-24)16(18,19)20/h6-9H,4-5H2,1-3H3,(H,21,22,23). The molecule has 1 fully saturated rings. The third-order valence-electron chi connectivity index (χ3n) is 4.37. The number of hydrogen-bond acceptors (Lipinski definition) is 5. The van der Waals surface area contributed by atoms with Crippen LogP contribution in [0.4, 0.5) is 19.1 Å². The van der Waals surface area contributed by atoms with E-state index in [2.05, 4.69) is 15.4 Å². The van der Waals surface area contributed by atoms with E-state index in [9.17, 15) is 21.6 Å². The summed E-state index contributed by atoms with van der Waals surface area (Å²) < 4.78 is 64.3. The van der Waals surface area contributed by atoms with Gasteiger partial charge in [-0.1, -0.05) is 19.9 Å². The van der Waals surface area contributed by atoms with Crippen molar-refractivity contribution in [3.8, 4) is 5.69 Å². The molecule has 0 atom stereocenters. The fourth-order valence-electron chi connectivity index (χ4n) is 2.93. The van der Waals surface area contributed by atoms with Gasteiger partial charge in [-0.3, -0.25) is 0 Å². The Morgan fingerprint density at radius 1 is 1.30 bits per heavy atom.